The van der Waals surface area contributed by atoms with Gasteiger partial charge in [-0.05, 0) is 66.6 Å². The number of nitrogens with one attached hydrogen (secondary N) is 1. The van der Waals surface area contributed by atoms with Gasteiger partial charge in [-0.1, -0.05) is 34.1 Å². The minimum atomic E-state index is 0.813. The van der Waals surface area contributed by atoms with Gasteiger partial charge in [-0.3, -0.25) is 0 Å². The van der Waals surface area contributed by atoms with Crippen LogP contribution >= 0.6 is 27.3 Å². The van der Waals surface area contributed by atoms with Gasteiger partial charge in [-0.2, -0.15) is 0 Å². The van der Waals surface area contributed by atoms with Crippen molar-refractivity contribution < 1.29 is 0 Å². The van der Waals surface area contributed by atoms with E-state index in [4.69, 9.17) is 4.98 Å². The topological polar surface area (TPSA) is 24.9 Å². The highest BCUT2D eigenvalue weighted by molar-refractivity contribution is 9.10. The molecule has 0 radical (unpaired) electrons. The van der Waals surface area contributed by atoms with Crippen LogP contribution < -0.4 is 5.32 Å². The molecule has 0 amide bonds. The molecule has 1 aromatic heterocycles. The van der Waals surface area contributed by atoms with Gasteiger partial charge in [0.1, 0.15) is 5.01 Å². The van der Waals surface area contributed by atoms with Gasteiger partial charge in [0.2, 0.25) is 0 Å². The van der Waals surface area contributed by atoms with Gasteiger partial charge >= 0.3 is 0 Å². The van der Waals surface area contributed by atoms with Crippen LogP contribution in [-0.2, 0) is 6.54 Å². The Morgan fingerprint density at radius 2 is 1.72 bits per heavy atom. The first kappa shape index (κ1) is 16.3. The van der Waals surface area contributed by atoms with Gasteiger partial charge in [-0.25, -0.2) is 4.98 Å². The lowest BCUT2D eigenvalue weighted by Gasteiger charge is -2.07. The van der Waals surface area contributed by atoms with Gasteiger partial charge in [-0.15, -0.1) is 11.3 Å². The van der Waals surface area contributed by atoms with Gasteiger partial charge in [0.05, 0.1) is 10.2 Å². The third-order valence-electron chi connectivity index (χ3n) is 4.09. The third kappa shape index (κ3) is 3.75. The van der Waals surface area contributed by atoms with E-state index >= 15 is 0 Å². The lowest BCUT2D eigenvalue weighted by atomic mass is 10.2. The van der Waals surface area contributed by atoms with Crippen LogP contribution in [0, 0.1) is 6.92 Å². The van der Waals surface area contributed by atoms with E-state index in [1.54, 1.807) is 11.3 Å². The Balaban J connectivity index is 1.49. The molecular formula is C21H17BrN2S. The van der Waals surface area contributed by atoms with Crippen LogP contribution in [-0.4, -0.2) is 4.98 Å². The van der Waals surface area contributed by atoms with Crippen molar-refractivity contribution in [1.82, 2.24) is 4.98 Å². The number of nitrogens with zero attached hydrogens (tertiary/aromatic N) is 1. The smallest absolute Gasteiger partial charge is 0.124 e. The summed E-state index contributed by atoms with van der Waals surface area (Å²) in [5.74, 6) is 0. The molecule has 124 valence electrons. The Bertz CT molecular complexity index is 1000. The SMILES string of the molecule is Cc1ccc2nc(-c3ccc(NCc4ccc(Br)cc4)cc3)sc2c1. The van der Waals surface area contributed by atoms with Crippen molar-refractivity contribution in [2.24, 2.45) is 0 Å². The summed E-state index contributed by atoms with van der Waals surface area (Å²) in [5.41, 5.74) is 5.88. The van der Waals surface area contributed by atoms with Gasteiger partial charge < -0.3 is 5.32 Å². The van der Waals surface area contributed by atoms with E-state index in [2.05, 4.69) is 94.9 Å². The number of rotatable bonds is 4. The molecule has 0 unspecified atom stereocenters. The average Bonchev–Trinajstić information content (AvgIpc) is 3.05. The molecule has 1 N–H and O–H groups in total. The molecule has 3 aromatic carbocycles. The lowest BCUT2D eigenvalue weighted by Crippen LogP contribution is -1.98. The fourth-order valence-electron chi connectivity index (χ4n) is 2.69. The van der Waals surface area contributed by atoms with Gasteiger partial charge in [0.15, 0.2) is 0 Å². The molecule has 4 heteroatoms. The van der Waals surface area contributed by atoms with Crippen LogP contribution in [0.15, 0.2) is 71.2 Å². The molecule has 2 nitrogen and oxygen atoms in total. The zero-order valence-electron chi connectivity index (χ0n) is 13.8. The third-order valence-corrected chi connectivity index (χ3v) is 5.68. The molecule has 0 spiro atoms. The Kier molecular flexibility index (Phi) is 4.55. The molecule has 0 saturated heterocycles. The predicted molar refractivity (Wildman–Crippen MR) is 111 cm³/mol. The predicted octanol–water partition coefficient (Wildman–Crippen LogP) is 6.65. The van der Waals surface area contributed by atoms with E-state index in [0.29, 0.717) is 0 Å². The van der Waals surface area contributed by atoms with Crippen LogP contribution in [0.2, 0.25) is 0 Å². The van der Waals surface area contributed by atoms with Crippen molar-refractivity contribution >= 4 is 43.2 Å². The van der Waals surface area contributed by atoms with Crippen molar-refractivity contribution in [3.05, 3.63) is 82.3 Å². The molecule has 0 aliphatic rings. The molecule has 25 heavy (non-hydrogen) atoms. The lowest BCUT2D eigenvalue weighted by molar-refractivity contribution is 1.15. The molecule has 0 aliphatic carbocycles. The number of halogens is 1. The zero-order chi connectivity index (χ0) is 17.2. The summed E-state index contributed by atoms with van der Waals surface area (Å²) in [4.78, 5) is 4.75. The van der Waals surface area contributed by atoms with E-state index in [0.717, 1.165) is 32.8 Å². The van der Waals surface area contributed by atoms with Crippen LogP contribution in [0.5, 0.6) is 0 Å². The number of fused-ring (bicyclic) bond motifs is 1. The summed E-state index contributed by atoms with van der Waals surface area (Å²) in [5, 5.41) is 4.53. The zero-order valence-corrected chi connectivity index (χ0v) is 16.2. The molecule has 0 fully saturated rings. The molecule has 4 rings (SSSR count). The Morgan fingerprint density at radius 3 is 2.48 bits per heavy atom. The van der Waals surface area contributed by atoms with E-state index in [1.807, 2.05) is 0 Å². The Hall–Kier alpha value is -2.17. The van der Waals surface area contributed by atoms with Crippen LogP contribution in [0.4, 0.5) is 5.69 Å². The van der Waals surface area contributed by atoms with E-state index in [-0.39, 0.29) is 0 Å². The highest BCUT2D eigenvalue weighted by Gasteiger charge is 2.06. The first-order valence-corrected chi connectivity index (χ1v) is 9.74. The van der Waals surface area contributed by atoms with Crippen LogP contribution in [0.3, 0.4) is 0 Å². The van der Waals surface area contributed by atoms with Gasteiger partial charge in [0.25, 0.3) is 0 Å². The second kappa shape index (κ2) is 6.98. The first-order chi connectivity index (χ1) is 12.2. The number of aryl methyl sites for hydroxylation is 1. The Morgan fingerprint density at radius 1 is 0.960 bits per heavy atom. The van der Waals surface area contributed by atoms with Crippen LogP contribution in [0.25, 0.3) is 20.8 Å². The van der Waals surface area contributed by atoms with Crippen molar-refractivity contribution in [3.63, 3.8) is 0 Å². The van der Waals surface area contributed by atoms with Crippen molar-refractivity contribution in [2.75, 3.05) is 5.32 Å². The number of hydrogen-bond donors (Lipinski definition) is 1. The highest BCUT2D eigenvalue weighted by Crippen LogP contribution is 2.31. The average molecular weight is 409 g/mol. The van der Waals surface area contributed by atoms with Crippen molar-refractivity contribution in [3.8, 4) is 10.6 Å². The molecule has 0 saturated carbocycles. The summed E-state index contributed by atoms with van der Waals surface area (Å²) < 4.78 is 2.35. The van der Waals surface area contributed by atoms with E-state index in [1.165, 1.54) is 15.8 Å². The van der Waals surface area contributed by atoms with Gasteiger partial charge in [0, 0.05) is 22.3 Å². The van der Waals surface area contributed by atoms with Crippen LogP contribution in [0.1, 0.15) is 11.1 Å². The fourth-order valence-corrected chi connectivity index (χ4v) is 4.03. The fraction of sp³-hybridized carbons (Fsp3) is 0.0952. The molecular weight excluding hydrogens is 392 g/mol. The maximum atomic E-state index is 4.75. The first-order valence-electron chi connectivity index (χ1n) is 8.13. The minimum absolute atomic E-state index is 0.813. The molecule has 0 aliphatic heterocycles. The number of thiazole rings is 1. The maximum Gasteiger partial charge on any atom is 0.124 e. The Labute approximate surface area is 159 Å². The summed E-state index contributed by atoms with van der Waals surface area (Å²) in [6, 6.07) is 23.3. The van der Waals surface area contributed by atoms with E-state index < -0.39 is 0 Å². The quantitative estimate of drug-likeness (QED) is 0.408. The molecule has 1 heterocycles. The standard InChI is InChI=1S/C21H17BrN2S/c1-14-2-11-19-20(12-14)25-21(24-19)16-5-9-18(10-6-16)23-13-15-3-7-17(22)8-4-15/h2-12,23H,13H2,1H3. The summed E-state index contributed by atoms with van der Waals surface area (Å²) in [6.07, 6.45) is 0. The van der Waals surface area contributed by atoms with E-state index in [9.17, 15) is 0 Å². The summed E-state index contributed by atoms with van der Waals surface area (Å²) in [6.45, 7) is 2.93. The summed E-state index contributed by atoms with van der Waals surface area (Å²) >= 11 is 5.21. The normalized spacial score (nSPS) is 11.0. The summed E-state index contributed by atoms with van der Waals surface area (Å²) in [7, 11) is 0. The number of aromatic nitrogens is 1. The second-order valence-corrected chi connectivity index (χ2v) is 7.99. The number of benzene rings is 3. The maximum absolute atomic E-state index is 4.75. The molecule has 0 atom stereocenters. The molecule has 0 bridgehead atoms. The second-order valence-electron chi connectivity index (χ2n) is 6.05. The minimum Gasteiger partial charge on any atom is -0.381 e. The van der Waals surface area contributed by atoms with Crippen molar-refractivity contribution in [2.45, 2.75) is 13.5 Å². The number of anilines is 1. The van der Waals surface area contributed by atoms with Crippen molar-refractivity contribution in [1.29, 1.82) is 0 Å². The largest absolute Gasteiger partial charge is 0.381 e. The molecule has 4 aromatic rings. The number of hydrogen-bond acceptors (Lipinski definition) is 3. The highest BCUT2D eigenvalue weighted by atomic mass is 79.9. The monoisotopic (exact) mass is 408 g/mol.